The van der Waals surface area contributed by atoms with Crippen molar-refractivity contribution >= 4 is 11.7 Å². The molecule has 1 fully saturated rings. The molecule has 2 aromatic carbocycles. The van der Waals surface area contributed by atoms with Crippen LogP contribution < -0.4 is 5.32 Å². The van der Waals surface area contributed by atoms with Crippen LogP contribution in [0.15, 0.2) is 54.6 Å². The van der Waals surface area contributed by atoms with Crippen LogP contribution in [0.2, 0.25) is 0 Å². The van der Waals surface area contributed by atoms with Crippen LogP contribution >= 0.6 is 0 Å². The van der Waals surface area contributed by atoms with Crippen molar-refractivity contribution in [2.45, 2.75) is 32.4 Å². The van der Waals surface area contributed by atoms with Gasteiger partial charge in [0.25, 0.3) is 5.91 Å². The Morgan fingerprint density at radius 2 is 1.52 bits per heavy atom. The lowest BCUT2D eigenvalue weighted by molar-refractivity contribution is 0.0652. The maximum Gasteiger partial charge on any atom is 0.252 e. The zero-order chi connectivity index (χ0) is 17.6. The minimum absolute atomic E-state index is 0.0528. The van der Waals surface area contributed by atoms with Gasteiger partial charge in [-0.1, -0.05) is 54.4 Å². The zero-order valence-electron chi connectivity index (χ0n) is 14.6. The summed E-state index contributed by atoms with van der Waals surface area (Å²) in [6.07, 6.45) is 2.67. The maximum atomic E-state index is 13.0. The van der Waals surface area contributed by atoms with E-state index in [-0.39, 0.29) is 11.7 Å². The highest BCUT2D eigenvalue weighted by Gasteiger charge is 2.29. The summed E-state index contributed by atoms with van der Waals surface area (Å²) in [5, 5.41) is 2.96. The second-order valence-electron chi connectivity index (χ2n) is 6.57. The summed E-state index contributed by atoms with van der Waals surface area (Å²) in [6, 6.07) is 16.6. The van der Waals surface area contributed by atoms with E-state index in [0.29, 0.717) is 11.1 Å². The minimum Gasteiger partial charge on any atom is -0.329 e. The van der Waals surface area contributed by atoms with E-state index in [0.717, 1.165) is 31.5 Å². The van der Waals surface area contributed by atoms with Gasteiger partial charge in [0.15, 0.2) is 5.78 Å². The van der Waals surface area contributed by atoms with E-state index in [4.69, 9.17) is 0 Å². The third kappa shape index (κ3) is 4.34. The number of nitrogens with one attached hydrogen (secondary N) is 1. The van der Waals surface area contributed by atoms with Gasteiger partial charge in [-0.3, -0.25) is 14.5 Å². The van der Waals surface area contributed by atoms with Crippen molar-refractivity contribution in [3.8, 4) is 0 Å². The van der Waals surface area contributed by atoms with Gasteiger partial charge in [-0.25, -0.2) is 0 Å². The lowest BCUT2D eigenvalue weighted by Crippen LogP contribution is -2.54. The highest BCUT2D eigenvalue weighted by Crippen LogP contribution is 2.15. The Hall–Kier alpha value is -2.46. The Bertz CT molecular complexity index is 719. The second-order valence-corrected chi connectivity index (χ2v) is 6.57. The molecule has 2 aromatic rings. The lowest BCUT2D eigenvalue weighted by atomic mass is 10.0. The molecule has 1 amide bonds. The smallest absolute Gasteiger partial charge is 0.252 e. The van der Waals surface area contributed by atoms with E-state index in [1.54, 1.807) is 24.3 Å². The van der Waals surface area contributed by atoms with Gasteiger partial charge in [-0.15, -0.1) is 0 Å². The van der Waals surface area contributed by atoms with Gasteiger partial charge in [0.1, 0.15) is 6.17 Å². The quantitative estimate of drug-likeness (QED) is 0.851. The van der Waals surface area contributed by atoms with E-state index in [1.165, 1.54) is 6.42 Å². The van der Waals surface area contributed by atoms with Gasteiger partial charge >= 0.3 is 0 Å². The summed E-state index contributed by atoms with van der Waals surface area (Å²) in [5.74, 6) is -0.261. The molecule has 3 rings (SSSR count). The van der Waals surface area contributed by atoms with Crippen LogP contribution in [-0.2, 0) is 0 Å². The topological polar surface area (TPSA) is 49.4 Å². The SMILES string of the molecule is Cc1ccc(C(=O)N[C@@H](C(=O)c2ccccc2)N2CCCCC2)cc1. The predicted molar refractivity (Wildman–Crippen MR) is 98.6 cm³/mol. The lowest BCUT2D eigenvalue weighted by Gasteiger charge is -2.34. The molecule has 25 heavy (non-hydrogen) atoms. The molecule has 1 saturated heterocycles. The van der Waals surface area contributed by atoms with Crippen molar-refractivity contribution in [3.05, 3.63) is 71.3 Å². The van der Waals surface area contributed by atoms with E-state index in [1.807, 2.05) is 37.3 Å². The largest absolute Gasteiger partial charge is 0.329 e. The Balaban J connectivity index is 1.81. The van der Waals surface area contributed by atoms with Crippen LogP contribution in [0.3, 0.4) is 0 Å². The van der Waals surface area contributed by atoms with Gasteiger partial charge in [0.2, 0.25) is 0 Å². The monoisotopic (exact) mass is 336 g/mol. The van der Waals surface area contributed by atoms with Crippen LogP contribution in [0.5, 0.6) is 0 Å². The average Bonchev–Trinajstić information content (AvgIpc) is 2.67. The number of carbonyl (C=O) groups is 2. The summed E-state index contributed by atoms with van der Waals surface area (Å²) >= 11 is 0. The van der Waals surface area contributed by atoms with E-state index >= 15 is 0 Å². The molecular formula is C21H24N2O2. The maximum absolute atomic E-state index is 13.0. The number of benzene rings is 2. The van der Waals surface area contributed by atoms with Crippen molar-refractivity contribution in [1.29, 1.82) is 0 Å². The number of amides is 1. The molecule has 0 unspecified atom stereocenters. The fraction of sp³-hybridized carbons (Fsp3) is 0.333. The summed E-state index contributed by atoms with van der Waals surface area (Å²) < 4.78 is 0. The zero-order valence-corrected chi connectivity index (χ0v) is 14.6. The van der Waals surface area contributed by atoms with Gasteiger partial charge in [-0.2, -0.15) is 0 Å². The third-order valence-electron chi connectivity index (χ3n) is 4.64. The molecule has 1 aliphatic rings. The van der Waals surface area contributed by atoms with Gasteiger partial charge in [-0.05, 0) is 31.9 Å². The van der Waals surface area contributed by atoms with Crippen LogP contribution in [0, 0.1) is 6.92 Å². The molecule has 0 saturated carbocycles. The molecule has 0 spiro atoms. The number of likely N-dealkylation sites (tertiary alicyclic amines) is 1. The summed E-state index contributed by atoms with van der Waals surface area (Å²) in [7, 11) is 0. The second kappa shape index (κ2) is 8.08. The Kier molecular flexibility index (Phi) is 5.61. The number of hydrogen-bond acceptors (Lipinski definition) is 3. The number of carbonyl (C=O) groups excluding carboxylic acids is 2. The number of nitrogens with zero attached hydrogens (tertiary/aromatic N) is 1. The summed E-state index contributed by atoms with van der Waals surface area (Å²) in [5.41, 5.74) is 2.31. The molecule has 4 heteroatoms. The highest BCUT2D eigenvalue weighted by molar-refractivity contribution is 6.04. The van der Waals surface area contributed by atoms with E-state index < -0.39 is 6.17 Å². The van der Waals surface area contributed by atoms with Crippen molar-refractivity contribution in [1.82, 2.24) is 10.2 Å². The van der Waals surface area contributed by atoms with E-state index in [9.17, 15) is 9.59 Å². The summed E-state index contributed by atoms with van der Waals surface area (Å²) in [6.45, 7) is 3.64. The molecule has 1 aliphatic heterocycles. The van der Waals surface area contributed by atoms with Crippen molar-refractivity contribution in [2.24, 2.45) is 0 Å². The number of Topliss-reactive ketones (excluding diaryl/α,β-unsaturated/α-hetero) is 1. The number of hydrogen-bond donors (Lipinski definition) is 1. The molecule has 0 aromatic heterocycles. The van der Waals surface area contributed by atoms with Crippen LogP contribution in [0.4, 0.5) is 0 Å². The molecule has 1 heterocycles. The first-order valence-electron chi connectivity index (χ1n) is 8.86. The molecular weight excluding hydrogens is 312 g/mol. The van der Waals surface area contributed by atoms with Crippen LogP contribution in [-0.4, -0.2) is 35.8 Å². The standard InChI is InChI=1S/C21H24N2O2/c1-16-10-12-18(13-11-16)21(25)22-20(23-14-6-3-7-15-23)19(24)17-8-4-2-5-9-17/h2,4-5,8-13,20H,3,6-7,14-15H2,1H3,(H,22,25)/t20-/m1/s1. The third-order valence-corrected chi connectivity index (χ3v) is 4.64. The first-order chi connectivity index (χ1) is 12.1. The van der Waals surface area contributed by atoms with Crippen molar-refractivity contribution in [2.75, 3.05) is 13.1 Å². The highest BCUT2D eigenvalue weighted by atomic mass is 16.2. The molecule has 0 aliphatic carbocycles. The van der Waals surface area contributed by atoms with Gasteiger partial charge in [0.05, 0.1) is 0 Å². The molecule has 0 radical (unpaired) electrons. The van der Waals surface area contributed by atoms with Crippen LogP contribution in [0.25, 0.3) is 0 Å². The Labute approximate surface area is 148 Å². The molecule has 4 nitrogen and oxygen atoms in total. The van der Waals surface area contributed by atoms with E-state index in [2.05, 4.69) is 10.2 Å². The van der Waals surface area contributed by atoms with Crippen LogP contribution in [0.1, 0.15) is 45.5 Å². The average molecular weight is 336 g/mol. The predicted octanol–water partition coefficient (Wildman–Crippen LogP) is 3.42. The first-order valence-corrected chi connectivity index (χ1v) is 8.86. The number of rotatable bonds is 5. The minimum atomic E-state index is -0.614. The first kappa shape index (κ1) is 17.4. The van der Waals surface area contributed by atoms with Crippen molar-refractivity contribution < 1.29 is 9.59 Å². The Morgan fingerprint density at radius 1 is 0.880 bits per heavy atom. The summed E-state index contributed by atoms with van der Waals surface area (Å²) in [4.78, 5) is 27.8. The Morgan fingerprint density at radius 3 is 2.16 bits per heavy atom. The number of piperidine rings is 1. The molecule has 1 N–H and O–H groups in total. The molecule has 1 atom stereocenters. The van der Waals surface area contributed by atoms with Gasteiger partial charge < -0.3 is 5.32 Å². The van der Waals surface area contributed by atoms with Crippen molar-refractivity contribution in [3.63, 3.8) is 0 Å². The fourth-order valence-electron chi connectivity index (χ4n) is 3.17. The fourth-order valence-corrected chi connectivity index (χ4v) is 3.17. The molecule has 130 valence electrons. The van der Waals surface area contributed by atoms with Gasteiger partial charge in [0, 0.05) is 24.2 Å². The number of ketones is 1. The normalized spacial score (nSPS) is 16.2. The molecule has 0 bridgehead atoms. The number of aryl methyl sites for hydroxylation is 1.